The minimum Gasteiger partial charge on any atom is -0.383 e. The highest BCUT2D eigenvalue weighted by atomic mass is 16.1. The number of nitrogens with two attached hydrogens (primary N) is 1. The van der Waals surface area contributed by atoms with E-state index in [2.05, 4.69) is 20.7 Å². The predicted molar refractivity (Wildman–Crippen MR) is 92.2 cm³/mol. The highest BCUT2D eigenvalue weighted by Crippen LogP contribution is 2.20. The predicted octanol–water partition coefficient (Wildman–Crippen LogP) is 1.32. The van der Waals surface area contributed by atoms with Gasteiger partial charge in [-0.1, -0.05) is 30.3 Å². The zero-order chi connectivity index (χ0) is 16.5. The Morgan fingerprint density at radius 1 is 1.33 bits per heavy atom. The van der Waals surface area contributed by atoms with Crippen molar-refractivity contribution in [2.75, 3.05) is 24.1 Å². The molecule has 3 heterocycles. The van der Waals surface area contributed by atoms with E-state index < -0.39 is 0 Å². The summed E-state index contributed by atoms with van der Waals surface area (Å²) in [6.07, 6.45) is 2.55. The molecule has 7 nitrogen and oxygen atoms in total. The molecule has 1 aliphatic rings. The van der Waals surface area contributed by atoms with Crippen molar-refractivity contribution in [2.24, 2.45) is 0 Å². The molecule has 0 amide bonds. The van der Waals surface area contributed by atoms with E-state index in [1.54, 1.807) is 18.2 Å². The number of fused-ring (bicyclic) bond motifs is 1. The van der Waals surface area contributed by atoms with Crippen LogP contribution in [-0.4, -0.2) is 39.5 Å². The number of hydrogen-bond donors (Lipinski definition) is 3. The summed E-state index contributed by atoms with van der Waals surface area (Å²) in [7, 11) is 0. The molecule has 4 rings (SSSR count). The van der Waals surface area contributed by atoms with Gasteiger partial charge in [-0.25, -0.2) is 4.98 Å². The molecule has 7 heteroatoms. The Kier molecular flexibility index (Phi) is 3.62. The topological polar surface area (TPSA) is 97.3 Å². The van der Waals surface area contributed by atoms with Crippen molar-refractivity contribution < 1.29 is 4.79 Å². The second-order valence-corrected chi connectivity index (χ2v) is 5.89. The van der Waals surface area contributed by atoms with Gasteiger partial charge in [-0.2, -0.15) is 9.61 Å². The summed E-state index contributed by atoms with van der Waals surface area (Å²) in [5.41, 5.74) is 7.60. The van der Waals surface area contributed by atoms with Gasteiger partial charge < -0.3 is 16.4 Å². The van der Waals surface area contributed by atoms with Crippen LogP contribution in [0.5, 0.6) is 0 Å². The van der Waals surface area contributed by atoms with Gasteiger partial charge in [0.15, 0.2) is 11.4 Å². The second kappa shape index (κ2) is 5.93. The average molecular weight is 322 g/mol. The number of nitrogens with zero attached hydrogens (tertiary/aromatic N) is 3. The minimum absolute atomic E-state index is 0.114. The fraction of sp³-hybridized carbons (Fsp3) is 0.235. The van der Waals surface area contributed by atoms with Gasteiger partial charge in [0.2, 0.25) is 0 Å². The fourth-order valence-electron chi connectivity index (χ4n) is 2.95. The van der Waals surface area contributed by atoms with Gasteiger partial charge in [-0.15, -0.1) is 0 Å². The number of carbonyl (C=O) groups excluding carboxylic acids is 1. The van der Waals surface area contributed by atoms with Crippen LogP contribution in [0.1, 0.15) is 22.3 Å². The molecular formula is C17H18N6O. The van der Waals surface area contributed by atoms with Gasteiger partial charge in [-0.05, 0) is 13.0 Å². The van der Waals surface area contributed by atoms with E-state index in [4.69, 9.17) is 5.73 Å². The van der Waals surface area contributed by atoms with E-state index in [0.29, 0.717) is 34.5 Å². The first-order chi connectivity index (χ1) is 11.7. The maximum atomic E-state index is 12.7. The van der Waals surface area contributed by atoms with Gasteiger partial charge in [-0.3, -0.25) is 4.79 Å². The van der Waals surface area contributed by atoms with Crippen molar-refractivity contribution >= 4 is 23.1 Å². The van der Waals surface area contributed by atoms with Crippen LogP contribution in [0.2, 0.25) is 0 Å². The lowest BCUT2D eigenvalue weighted by atomic mass is 10.1. The Hall–Kier alpha value is -2.93. The van der Waals surface area contributed by atoms with Crippen LogP contribution in [-0.2, 0) is 0 Å². The lowest BCUT2D eigenvalue weighted by Gasteiger charge is -2.13. The molecule has 0 saturated carbocycles. The van der Waals surface area contributed by atoms with Gasteiger partial charge in [0, 0.05) is 24.2 Å². The zero-order valence-electron chi connectivity index (χ0n) is 13.1. The van der Waals surface area contributed by atoms with E-state index in [1.807, 2.05) is 18.2 Å². The van der Waals surface area contributed by atoms with Crippen LogP contribution in [0.15, 0.2) is 42.6 Å². The van der Waals surface area contributed by atoms with E-state index in [9.17, 15) is 4.79 Å². The van der Waals surface area contributed by atoms with Gasteiger partial charge in [0.1, 0.15) is 11.6 Å². The lowest BCUT2D eigenvalue weighted by molar-refractivity contribution is 0.104. The maximum absolute atomic E-state index is 12.7. The summed E-state index contributed by atoms with van der Waals surface area (Å²) in [6.45, 7) is 1.88. The molecule has 3 aromatic rings. The summed E-state index contributed by atoms with van der Waals surface area (Å²) in [5, 5.41) is 10.9. The van der Waals surface area contributed by atoms with Crippen LogP contribution in [0.3, 0.4) is 0 Å². The number of aromatic nitrogens is 3. The number of ketones is 1. The third-order valence-corrected chi connectivity index (χ3v) is 4.19. The number of benzene rings is 1. The third-order valence-electron chi connectivity index (χ3n) is 4.19. The van der Waals surface area contributed by atoms with Crippen LogP contribution in [0.4, 0.5) is 11.6 Å². The van der Waals surface area contributed by atoms with Crippen molar-refractivity contribution in [3.05, 3.63) is 53.7 Å². The largest absolute Gasteiger partial charge is 0.383 e. The Labute approximate surface area is 138 Å². The van der Waals surface area contributed by atoms with Crippen LogP contribution in [0, 0.1) is 0 Å². The summed E-state index contributed by atoms with van der Waals surface area (Å²) < 4.78 is 1.49. The number of nitrogens with one attached hydrogen (secondary N) is 2. The highest BCUT2D eigenvalue weighted by molar-refractivity contribution is 6.12. The molecule has 1 saturated heterocycles. The maximum Gasteiger partial charge on any atom is 0.198 e. The van der Waals surface area contributed by atoms with Gasteiger partial charge in [0.25, 0.3) is 0 Å². The Bertz CT molecular complexity index is 883. The molecule has 1 fully saturated rings. The summed E-state index contributed by atoms with van der Waals surface area (Å²) in [4.78, 5) is 17.3. The summed E-state index contributed by atoms with van der Waals surface area (Å²) >= 11 is 0. The smallest absolute Gasteiger partial charge is 0.198 e. The standard InChI is InChI=1S/C17H18N6O/c18-14-8-15(21-12-6-7-19-9-12)22-17-13(10-20-23(14)17)16(24)11-4-2-1-3-5-11/h1-5,8,10,12,19H,6-7,9,18H2,(H,21,22). The second-order valence-electron chi connectivity index (χ2n) is 5.89. The van der Waals surface area contributed by atoms with Crippen LogP contribution >= 0.6 is 0 Å². The van der Waals surface area contributed by atoms with E-state index in [1.165, 1.54) is 10.7 Å². The average Bonchev–Trinajstić information content (AvgIpc) is 3.25. The number of hydrogen-bond acceptors (Lipinski definition) is 6. The zero-order valence-corrected chi connectivity index (χ0v) is 13.1. The number of rotatable bonds is 4. The molecule has 0 radical (unpaired) electrons. The normalized spacial score (nSPS) is 17.2. The van der Waals surface area contributed by atoms with Crippen molar-refractivity contribution in [3.8, 4) is 0 Å². The molecular weight excluding hydrogens is 304 g/mol. The lowest BCUT2D eigenvalue weighted by Crippen LogP contribution is -2.23. The Morgan fingerprint density at radius 3 is 2.92 bits per heavy atom. The van der Waals surface area contributed by atoms with Gasteiger partial charge in [0.05, 0.1) is 11.8 Å². The molecule has 4 N–H and O–H groups in total. The molecule has 122 valence electrons. The van der Waals surface area contributed by atoms with Crippen molar-refractivity contribution in [2.45, 2.75) is 12.5 Å². The molecule has 1 unspecified atom stereocenters. The van der Waals surface area contributed by atoms with Gasteiger partial charge >= 0.3 is 0 Å². The molecule has 1 aliphatic heterocycles. The quantitative estimate of drug-likeness (QED) is 0.627. The van der Waals surface area contributed by atoms with E-state index >= 15 is 0 Å². The van der Waals surface area contributed by atoms with E-state index in [-0.39, 0.29) is 5.78 Å². The minimum atomic E-state index is -0.114. The van der Waals surface area contributed by atoms with Crippen LogP contribution in [0.25, 0.3) is 5.65 Å². The fourth-order valence-corrected chi connectivity index (χ4v) is 2.95. The van der Waals surface area contributed by atoms with Crippen molar-refractivity contribution in [1.29, 1.82) is 0 Å². The third kappa shape index (κ3) is 2.59. The highest BCUT2D eigenvalue weighted by Gasteiger charge is 2.19. The Balaban J connectivity index is 1.74. The molecule has 2 aromatic heterocycles. The number of nitrogen functional groups attached to an aromatic ring is 1. The molecule has 0 aliphatic carbocycles. The first-order valence-corrected chi connectivity index (χ1v) is 7.93. The molecule has 0 spiro atoms. The molecule has 1 atom stereocenters. The summed E-state index contributed by atoms with van der Waals surface area (Å²) in [6, 6.07) is 11.2. The van der Waals surface area contributed by atoms with Crippen molar-refractivity contribution in [1.82, 2.24) is 19.9 Å². The molecule has 1 aromatic carbocycles. The first kappa shape index (κ1) is 14.6. The van der Waals surface area contributed by atoms with Crippen LogP contribution < -0.4 is 16.4 Å². The monoisotopic (exact) mass is 322 g/mol. The molecule has 0 bridgehead atoms. The Morgan fingerprint density at radius 2 is 2.17 bits per heavy atom. The molecule has 24 heavy (non-hydrogen) atoms. The van der Waals surface area contributed by atoms with Crippen molar-refractivity contribution in [3.63, 3.8) is 0 Å². The number of anilines is 2. The SMILES string of the molecule is Nc1cc(NC2CCNC2)nc2c(C(=O)c3ccccc3)cnn12. The first-order valence-electron chi connectivity index (χ1n) is 7.93. The number of carbonyl (C=O) groups is 1. The van der Waals surface area contributed by atoms with E-state index in [0.717, 1.165) is 19.5 Å². The summed E-state index contributed by atoms with van der Waals surface area (Å²) in [5.74, 6) is 0.995.